The number of benzene rings is 1. The number of aliphatic imine (C=N–C) groups is 1. The predicted octanol–water partition coefficient (Wildman–Crippen LogP) is 2.13. The molecular formula is C19H29IN6O2S. The zero-order valence-electron chi connectivity index (χ0n) is 16.8. The lowest BCUT2D eigenvalue weighted by atomic mass is 10.2. The maximum Gasteiger partial charge on any atom is 0.214 e. The van der Waals surface area contributed by atoms with Crippen molar-refractivity contribution < 1.29 is 8.42 Å². The molecular weight excluding hydrogens is 503 g/mol. The van der Waals surface area contributed by atoms with Gasteiger partial charge in [0.15, 0.2) is 5.96 Å². The minimum absolute atomic E-state index is 0. The molecule has 8 nitrogen and oxygen atoms in total. The van der Waals surface area contributed by atoms with Crippen LogP contribution in [0.25, 0.3) is 11.3 Å². The van der Waals surface area contributed by atoms with E-state index in [1.54, 1.807) is 0 Å². The van der Waals surface area contributed by atoms with Crippen molar-refractivity contribution in [1.82, 2.24) is 24.5 Å². The first-order chi connectivity index (χ1) is 13.5. The number of aromatic nitrogens is 2. The average Bonchev–Trinajstić information content (AvgIpc) is 3.28. The third kappa shape index (κ3) is 6.41. The molecule has 0 amide bonds. The number of halogens is 1. The number of aromatic amines is 1. The van der Waals surface area contributed by atoms with Crippen molar-refractivity contribution in [3.63, 3.8) is 0 Å². The van der Waals surface area contributed by atoms with E-state index in [1.165, 1.54) is 4.31 Å². The molecule has 1 aliphatic heterocycles. The van der Waals surface area contributed by atoms with E-state index in [-0.39, 0.29) is 29.7 Å². The Hall–Kier alpha value is -1.66. The summed E-state index contributed by atoms with van der Waals surface area (Å²) in [4.78, 5) is 14.4. The lowest BCUT2D eigenvalue weighted by Crippen LogP contribution is -2.39. The smallest absolute Gasteiger partial charge is 0.214 e. The highest BCUT2D eigenvalue weighted by Gasteiger charge is 2.27. The Morgan fingerprint density at radius 1 is 1.34 bits per heavy atom. The summed E-state index contributed by atoms with van der Waals surface area (Å²) >= 11 is 0. The molecule has 2 heterocycles. The quantitative estimate of drug-likeness (QED) is 0.324. The maximum atomic E-state index is 11.9. The molecule has 0 saturated carbocycles. The number of guanidine groups is 1. The monoisotopic (exact) mass is 532 g/mol. The van der Waals surface area contributed by atoms with Gasteiger partial charge in [0, 0.05) is 26.7 Å². The minimum atomic E-state index is -3.07. The van der Waals surface area contributed by atoms with Crippen LogP contribution in [0.3, 0.4) is 0 Å². The normalized spacial score (nSPS) is 16.4. The average molecular weight is 532 g/mol. The molecule has 1 saturated heterocycles. The highest BCUT2D eigenvalue weighted by molar-refractivity contribution is 14.0. The van der Waals surface area contributed by atoms with E-state index in [2.05, 4.69) is 20.3 Å². The van der Waals surface area contributed by atoms with Crippen LogP contribution in [0.15, 0.2) is 41.5 Å². The first kappa shape index (κ1) is 23.6. The van der Waals surface area contributed by atoms with Crippen LogP contribution >= 0.6 is 24.0 Å². The second-order valence-corrected chi connectivity index (χ2v) is 8.86. The lowest BCUT2D eigenvalue weighted by Gasteiger charge is -2.21. The zero-order valence-corrected chi connectivity index (χ0v) is 20.0. The molecule has 2 N–H and O–H groups in total. The van der Waals surface area contributed by atoms with Gasteiger partial charge in [-0.05, 0) is 18.9 Å². The van der Waals surface area contributed by atoms with Crippen molar-refractivity contribution in [3.8, 4) is 11.3 Å². The van der Waals surface area contributed by atoms with Gasteiger partial charge in [-0.25, -0.2) is 17.7 Å². The van der Waals surface area contributed by atoms with E-state index in [0.717, 1.165) is 29.6 Å². The van der Waals surface area contributed by atoms with Gasteiger partial charge in [0.25, 0.3) is 0 Å². The first-order valence-electron chi connectivity index (χ1n) is 9.56. The topological polar surface area (TPSA) is 93.7 Å². The summed E-state index contributed by atoms with van der Waals surface area (Å²) in [6, 6.07) is 10.1. The van der Waals surface area contributed by atoms with Crippen LogP contribution in [0.4, 0.5) is 0 Å². The fraction of sp³-hybridized carbons (Fsp3) is 0.474. The first-order valence-corrected chi connectivity index (χ1v) is 11.2. The fourth-order valence-electron chi connectivity index (χ4n) is 3.19. The number of nitrogens with one attached hydrogen (secondary N) is 2. The summed E-state index contributed by atoms with van der Waals surface area (Å²) < 4.78 is 25.3. The van der Waals surface area contributed by atoms with Crippen LogP contribution in [0.2, 0.25) is 0 Å². The number of imidazole rings is 1. The largest absolute Gasteiger partial charge is 0.357 e. The molecule has 0 spiro atoms. The van der Waals surface area contributed by atoms with Crippen molar-refractivity contribution in [3.05, 3.63) is 42.4 Å². The number of H-pyrrole nitrogens is 1. The third-order valence-electron chi connectivity index (χ3n) is 4.61. The summed E-state index contributed by atoms with van der Waals surface area (Å²) in [6.07, 6.45) is 2.54. The Kier molecular flexibility index (Phi) is 8.90. The van der Waals surface area contributed by atoms with Crippen LogP contribution in [-0.2, 0) is 16.6 Å². The number of hydrogen-bond donors (Lipinski definition) is 2. The van der Waals surface area contributed by atoms with E-state index in [9.17, 15) is 8.42 Å². The fourth-order valence-corrected chi connectivity index (χ4v) is 4.71. The van der Waals surface area contributed by atoms with Gasteiger partial charge in [-0.2, -0.15) is 0 Å². The molecule has 29 heavy (non-hydrogen) atoms. The molecule has 0 bridgehead atoms. The van der Waals surface area contributed by atoms with Crippen molar-refractivity contribution in [2.75, 3.05) is 39.0 Å². The molecule has 0 unspecified atom stereocenters. The maximum absolute atomic E-state index is 11.9. The Morgan fingerprint density at radius 3 is 2.76 bits per heavy atom. The van der Waals surface area contributed by atoms with Gasteiger partial charge < -0.3 is 15.2 Å². The van der Waals surface area contributed by atoms with Gasteiger partial charge in [-0.1, -0.05) is 30.3 Å². The van der Waals surface area contributed by atoms with Gasteiger partial charge in [0.2, 0.25) is 10.0 Å². The van der Waals surface area contributed by atoms with Crippen LogP contribution < -0.4 is 5.32 Å². The van der Waals surface area contributed by atoms with Crippen molar-refractivity contribution in [1.29, 1.82) is 0 Å². The number of rotatable bonds is 7. The van der Waals surface area contributed by atoms with Crippen LogP contribution in [0.5, 0.6) is 0 Å². The molecule has 160 valence electrons. The van der Waals surface area contributed by atoms with E-state index in [1.807, 2.05) is 55.4 Å². The second-order valence-electron chi connectivity index (χ2n) is 6.77. The molecule has 0 aliphatic carbocycles. The molecule has 3 rings (SSSR count). The molecule has 1 aliphatic rings. The molecule has 0 atom stereocenters. The SMILES string of the molecule is CCNC(=NCCN1CCCS1(=O)=O)N(C)Cc1ncc(-c2ccccc2)[nH]1.I. The van der Waals surface area contributed by atoms with Gasteiger partial charge in [0.05, 0.1) is 30.7 Å². The molecule has 1 fully saturated rings. The Labute approximate surface area is 189 Å². The summed E-state index contributed by atoms with van der Waals surface area (Å²) in [7, 11) is -1.13. The molecule has 1 aromatic carbocycles. The lowest BCUT2D eigenvalue weighted by molar-refractivity contribution is 0.442. The Bertz CT molecular complexity index is 900. The summed E-state index contributed by atoms with van der Waals surface area (Å²) in [5.74, 6) is 1.82. The standard InChI is InChI=1S/C19H28N6O2S.HI/c1-3-20-19(21-10-12-25-11-7-13-28(25,26)27)24(2)15-18-22-14-17(23-18)16-8-5-4-6-9-16;/h4-6,8-9,14H,3,7,10-13,15H2,1-2H3,(H,20,21)(H,22,23);1H. The Balaban J connectivity index is 0.00000300. The van der Waals surface area contributed by atoms with Gasteiger partial charge in [-0.15, -0.1) is 24.0 Å². The number of sulfonamides is 1. The third-order valence-corrected chi connectivity index (χ3v) is 6.57. The van der Waals surface area contributed by atoms with E-state index in [0.29, 0.717) is 32.6 Å². The van der Waals surface area contributed by atoms with E-state index >= 15 is 0 Å². The summed E-state index contributed by atoms with van der Waals surface area (Å²) in [5.41, 5.74) is 2.07. The zero-order chi connectivity index (χ0) is 20.0. The number of nitrogens with zero attached hydrogens (tertiary/aromatic N) is 4. The molecule has 10 heteroatoms. The highest BCUT2D eigenvalue weighted by Crippen LogP contribution is 2.16. The van der Waals surface area contributed by atoms with Crippen molar-refractivity contribution >= 4 is 40.0 Å². The number of hydrogen-bond acceptors (Lipinski definition) is 4. The van der Waals surface area contributed by atoms with Gasteiger partial charge in [-0.3, -0.25) is 4.99 Å². The van der Waals surface area contributed by atoms with Crippen molar-refractivity contribution in [2.45, 2.75) is 19.9 Å². The van der Waals surface area contributed by atoms with Crippen LogP contribution in [-0.4, -0.2) is 72.5 Å². The van der Waals surface area contributed by atoms with Crippen molar-refractivity contribution in [2.24, 2.45) is 4.99 Å². The molecule has 0 radical (unpaired) electrons. The highest BCUT2D eigenvalue weighted by atomic mass is 127. The Morgan fingerprint density at radius 2 is 2.10 bits per heavy atom. The van der Waals surface area contributed by atoms with Crippen LogP contribution in [0.1, 0.15) is 19.2 Å². The predicted molar refractivity (Wildman–Crippen MR) is 127 cm³/mol. The minimum Gasteiger partial charge on any atom is -0.357 e. The van der Waals surface area contributed by atoms with E-state index < -0.39 is 10.0 Å². The molecule has 1 aromatic heterocycles. The van der Waals surface area contributed by atoms with Crippen LogP contribution in [0, 0.1) is 0 Å². The molecule has 2 aromatic rings. The van der Waals surface area contributed by atoms with E-state index in [4.69, 9.17) is 0 Å². The summed E-state index contributed by atoms with van der Waals surface area (Å²) in [5, 5.41) is 3.25. The summed E-state index contributed by atoms with van der Waals surface area (Å²) in [6.45, 7) is 4.76. The van der Waals surface area contributed by atoms with Gasteiger partial charge in [0.1, 0.15) is 5.82 Å². The van der Waals surface area contributed by atoms with Gasteiger partial charge >= 0.3 is 0 Å². The second kappa shape index (κ2) is 10.9.